The van der Waals surface area contributed by atoms with E-state index in [1.807, 2.05) is 24.3 Å². The highest BCUT2D eigenvalue weighted by Crippen LogP contribution is 2.33. The van der Waals surface area contributed by atoms with Crippen LogP contribution >= 0.6 is 0 Å². The molecule has 200 valence electrons. The van der Waals surface area contributed by atoms with E-state index in [1.165, 1.54) is 18.8 Å². The van der Waals surface area contributed by atoms with Crippen LogP contribution in [0.1, 0.15) is 50.8 Å². The maximum Gasteiger partial charge on any atom is 0.322 e. The zero-order valence-electron chi connectivity index (χ0n) is 22.7. The summed E-state index contributed by atoms with van der Waals surface area (Å²) in [4.78, 5) is 21.8. The van der Waals surface area contributed by atoms with E-state index >= 15 is 0 Å². The number of methoxy groups -OCH3 is 2. The van der Waals surface area contributed by atoms with Crippen molar-refractivity contribution >= 4 is 17.5 Å². The highest BCUT2D eigenvalue weighted by atomic mass is 16.5. The maximum atomic E-state index is 13.1. The number of amides is 1. The SMILES string of the molecule is COc1nc(NCCNC(C)C)nc(OC)c1NC(=O)c1nnc(Oc2cccc(C(C)(C)C)c2)n1C. The molecule has 0 aliphatic rings. The van der Waals surface area contributed by atoms with Gasteiger partial charge in [0.1, 0.15) is 5.75 Å². The van der Waals surface area contributed by atoms with Crippen LogP contribution in [0.15, 0.2) is 24.3 Å². The Morgan fingerprint density at radius 1 is 1.05 bits per heavy atom. The number of carbonyl (C=O) groups is 1. The fraction of sp³-hybridized carbons (Fsp3) is 0.480. The van der Waals surface area contributed by atoms with Crippen molar-refractivity contribution in [2.45, 2.75) is 46.1 Å². The molecule has 3 N–H and O–H groups in total. The predicted octanol–water partition coefficient (Wildman–Crippen LogP) is 3.37. The van der Waals surface area contributed by atoms with Gasteiger partial charge in [0.2, 0.25) is 23.5 Å². The van der Waals surface area contributed by atoms with Crippen LogP contribution < -0.4 is 30.2 Å². The molecular weight excluding hydrogens is 476 g/mol. The van der Waals surface area contributed by atoms with Gasteiger partial charge in [0.25, 0.3) is 5.91 Å². The Morgan fingerprint density at radius 3 is 2.32 bits per heavy atom. The highest BCUT2D eigenvalue weighted by Gasteiger charge is 2.24. The summed E-state index contributed by atoms with van der Waals surface area (Å²) < 4.78 is 18.2. The van der Waals surface area contributed by atoms with Gasteiger partial charge in [-0.25, -0.2) is 0 Å². The molecule has 0 fully saturated rings. The molecule has 2 aromatic heterocycles. The number of hydrogen-bond donors (Lipinski definition) is 3. The number of aromatic nitrogens is 5. The van der Waals surface area contributed by atoms with Crippen molar-refractivity contribution in [3.05, 3.63) is 35.7 Å². The molecule has 1 amide bonds. The number of nitrogens with zero attached hydrogens (tertiary/aromatic N) is 5. The first-order chi connectivity index (χ1) is 17.5. The normalized spacial score (nSPS) is 11.4. The van der Waals surface area contributed by atoms with E-state index in [9.17, 15) is 4.79 Å². The van der Waals surface area contributed by atoms with E-state index in [-0.39, 0.29) is 34.7 Å². The third-order valence-corrected chi connectivity index (χ3v) is 5.38. The van der Waals surface area contributed by atoms with Crippen LogP contribution in [0, 0.1) is 0 Å². The molecule has 0 spiro atoms. The van der Waals surface area contributed by atoms with Crippen molar-refractivity contribution in [1.29, 1.82) is 0 Å². The zero-order valence-corrected chi connectivity index (χ0v) is 22.7. The lowest BCUT2D eigenvalue weighted by Gasteiger charge is -2.19. The summed E-state index contributed by atoms with van der Waals surface area (Å²) in [5.74, 6) is 0.639. The van der Waals surface area contributed by atoms with E-state index in [0.717, 1.165) is 12.1 Å². The van der Waals surface area contributed by atoms with Crippen molar-refractivity contribution in [3.8, 4) is 23.5 Å². The molecule has 12 nitrogen and oxygen atoms in total. The summed E-state index contributed by atoms with van der Waals surface area (Å²) in [7, 11) is 4.53. The number of ether oxygens (including phenoxy) is 3. The van der Waals surface area contributed by atoms with E-state index in [2.05, 4.69) is 70.7 Å². The molecule has 0 atom stereocenters. The van der Waals surface area contributed by atoms with E-state index in [4.69, 9.17) is 14.2 Å². The molecule has 0 unspecified atom stereocenters. The molecule has 0 aliphatic heterocycles. The number of anilines is 2. The molecular formula is C25H36N8O4. The van der Waals surface area contributed by atoms with Crippen LogP contribution in [0.25, 0.3) is 0 Å². The molecule has 3 aromatic rings. The highest BCUT2D eigenvalue weighted by molar-refractivity contribution is 6.03. The Bertz CT molecular complexity index is 1190. The van der Waals surface area contributed by atoms with E-state index < -0.39 is 5.91 Å². The van der Waals surface area contributed by atoms with Gasteiger partial charge < -0.3 is 30.2 Å². The van der Waals surface area contributed by atoms with Gasteiger partial charge in [-0.15, -0.1) is 5.10 Å². The quantitative estimate of drug-likeness (QED) is 0.328. The lowest BCUT2D eigenvalue weighted by molar-refractivity contribution is 0.101. The second kappa shape index (κ2) is 11.9. The molecule has 0 radical (unpaired) electrons. The van der Waals surface area contributed by atoms with E-state index in [0.29, 0.717) is 24.3 Å². The van der Waals surface area contributed by atoms with Crippen molar-refractivity contribution in [3.63, 3.8) is 0 Å². The summed E-state index contributed by atoms with van der Waals surface area (Å²) in [5, 5.41) is 17.2. The van der Waals surface area contributed by atoms with Crippen LogP contribution in [0.4, 0.5) is 11.6 Å². The van der Waals surface area contributed by atoms with Crippen LogP contribution in [0.2, 0.25) is 0 Å². The lowest BCUT2D eigenvalue weighted by Crippen LogP contribution is -2.28. The van der Waals surface area contributed by atoms with Gasteiger partial charge in [0.15, 0.2) is 5.69 Å². The second-order valence-corrected chi connectivity index (χ2v) is 9.68. The van der Waals surface area contributed by atoms with Gasteiger partial charge in [-0.05, 0) is 23.1 Å². The average Bonchev–Trinajstić information content (AvgIpc) is 3.21. The van der Waals surface area contributed by atoms with Crippen molar-refractivity contribution < 1.29 is 19.0 Å². The second-order valence-electron chi connectivity index (χ2n) is 9.68. The van der Waals surface area contributed by atoms with Crippen molar-refractivity contribution in [1.82, 2.24) is 30.0 Å². The molecule has 12 heteroatoms. The van der Waals surface area contributed by atoms with Crippen LogP contribution in [0.3, 0.4) is 0 Å². The molecule has 0 bridgehead atoms. The zero-order chi connectivity index (χ0) is 27.2. The third-order valence-electron chi connectivity index (χ3n) is 5.38. The molecule has 2 heterocycles. The maximum absolute atomic E-state index is 13.1. The van der Waals surface area contributed by atoms with Gasteiger partial charge in [0.05, 0.1) is 14.2 Å². The Labute approximate surface area is 217 Å². The Hall–Kier alpha value is -3.93. The Balaban J connectivity index is 1.77. The van der Waals surface area contributed by atoms with E-state index in [1.54, 1.807) is 7.05 Å². The predicted molar refractivity (Wildman–Crippen MR) is 141 cm³/mol. The van der Waals surface area contributed by atoms with Crippen LogP contribution in [-0.2, 0) is 12.5 Å². The molecule has 1 aromatic carbocycles. The standard InChI is InChI=1S/C25H36N8O4/c1-15(2)26-12-13-27-23-29-21(35-7)18(22(30-23)36-8)28-20(34)19-31-32-24(33(19)6)37-17-11-9-10-16(14-17)25(3,4)5/h9-11,14-15,26H,12-13H2,1-8H3,(H,28,34)(H,27,29,30). The minimum Gasteiger partial charge on any atom is -0.479 e. The number of hydrogen-bond acceptors (Lipinski definition) is 10. The third kappa shape index (κ3) is 7.06. The largest absolute Gasteiger partial charge is 0.479 e. The fourth-order valence-corrected chi connectivity index (χ4v) is 3.34. The van der Waals surface area contributed by atoms with Gasteiger partial charge in [-0.2, -0.15) is 9.97 Å². The molecule has 0 saturated heterocycles. The summed E-state index contributed by atoms with van der Waals surface area (Å²) in [5.41, 5.74) is 1.24. The minimum atomic E-state index is -0.560. The van der Waals surface area contributed by atoms with Gasteiger partial charge in [-0.1, -0.05) is 51.9 Å². The number of carbonyl (C=O) groups excluding carboxylic acids is 1. The summed E-state index contributed by atoms with van der Waals surface area (Å²) in [6.45, 7) is 11.8. The first-order valence-electron chi connectivity index (χ1n) is 12.0. The van der Waals surface area contributed by atoms with Crippen LogP contribution in [0.5, 0.6) is 23.5 Å². The molecule has 0 aliphatic carbocycles. The van der Waals surface area contributed by atoms with Gasteiger partial charge in [-0.3, -0.25) is 9.36 Å². The number of nitrogens with one attached hydrogen (secondary N) is 3. The van der Waals surface area contributed by atoms with Crippen molar-refractivity contribution in [2.75, 3.05) is 37.9 Å². The minimum absolute atomic E-state index is 0.0213. The fourth-order valence-electron chi connectivity index (χ4n) is 3.34. The lowest BCUT2D eigenvalue weighted by atomic mass is 9.87. The van der Waals surface area contributed by atoms with Gasteiger partial charge in [0, 0.05) is 26.2 Å². The average molecular weight is 513 g/mol. The van der Waals surface area contributed by atoms with Crippen molar-refractivity contribution in [2.24, 2.45) is 7.05 Å². The number of rotatable bonds is 11. The summed E-state index contributed by atoms with van der Waals surface area (Å²) in [6.07, 6.45) is 0. The summed E-state index contributed by atoms with van der Waals surface area (Å²) >= 11 is 0. The summed E-state index contributed by atoms with van der Waals surface area (Å²) in [6, 6.07) is 8.25. The van der Waals surface area contributed by atoms with Crippen LogP contribution in [-0.4, -0.2) is 64.0 Å². The topological polar surface area (TPSA) is 137 Å². The molecule has 37 heavy (non-hydrogen) atoms. The molecule has 3 rings (SSSR count). The smallest absolute Gasteiger partial charge is 0.322 e. The Morgan fingerprint density at radius 2 is 1.73 bits per heavy atom. The first-order valence-corrected chi connectivity index (χ1v) is 12.0. The van der Waals surface area contributed by atoms with Gasteiger partial charge >= 0.3 is 6.01 Å². The molecule has 0 saturated carbocycles. The monoisotopic (exact) mass is 512 g/mol. The number of benzene rings is 1. The first kappa shape index (κ1) is 27.7. The Kier molecular flexibility index (Phi) is 8.87.